The van der Waals surface area contributed by atoms with E-state index in [-0.39, 0.29) is 11.6 Å². The first-order valence-corrected chi connectivity index (χ1v) is 8.26. The third-order valence-electron chi connectivity index (χ3n) is 5.07. The minimum atomic E-state index is -1.39. The lowest BCUT2D eigenvalue weighted by atomic mass is 9.62. The van der Waals surface area contributed by atoms with Crippen LogP contribution in [-0.4, -0.2) is 22.6 Å². The van der Waals surface area contributed by atoms with Crippen molar-refractivity contribution in [3.63, 3.8) is 0 Å². The highest BCUT2D eigenvalue weighted by molar-refractivity contribution is 6.13. The van der Waals surface area contributed by atoms with Gasteiger partial charge in [-0.15, -0.1) is 0 Å². The molecule has 1 aliphatic rings. The minimum absolute atomic E-state index is 0.255. The molecule has 124 valence electrons. The van der Waals surface area contributed by atoms with Gasteiger partial charge >= 0.3 is 0 Å². The molecule has 4 heteroatoms. The molecule has 0 heterocycles. The molecule has 0 bridgehead atoms. The van der Waals surface area contributed by atoms with Crippen LogP contribution in [0.25, 0.3) is 0 Å². The average molecular weight is 322 g/mol. The first kappa shape index (κ1) is 16.6. The van der Waals surface area contributed by atoms with Gasteiger partial charge in [0.2, 0.25) is 0 Å². The lowest BCUT2D eigenvalue weighted by molar-refractivity contribution is 0.0586. The van der Waals surface area contributed by atoms with E-state index in [1.807, 2.05) is 12.1 Å². The Morgan fingerprint density at radius 3 is 1.33 bits per heavy atom. The lowest BCUT2D eigenvalue weighted by Crippen LogP contribution is -2.74. The maximum absolute atomic E-state index is 13.1. The molecule has 0 saturated heterocycles. The monoisotopic (exact) mass is 322 g/mol. The molecule has 2 atom stereocenters. The summed E-state index contributed by atoms with van der Waals surface area (Å²) in [7, 11) is 0. The molecule has 1 fully saturated rings. The highest BCUT2D eigenvalue weighted by Gasteiger charge is 2.57. The molecule has 1 aliphatic carbocycles. The molecule has 3 rings (SSSR count). The number of hydrogen-bond donors (Lipinski definition) is 2. The van der Waals surface area contributed by atoms with Crippen molar-refractivity contribution in [3.8, 4) is 0 Å². The molecule has 4 nitrogen and oxygen atoms in total. The maximum Gasteiger partial charge on any atom is 0.185 e. The summed E-state index contributed by atoms with van der Waals surface area (Å²) in [5, 5.41) is 0. The highest BCUT2D eigenvalue weighted by Crippen LogP contribution is 2.38. The van der Waals surface area contributed by atoms with Crippen molar-refractivity contribution in [2.24, 2.45) is 11.5 Å². The quantitative estimate of drug-likeness (QED) is 0.847. The van der Waals surface area contributed by atoms with Crippen LogP contribution in [-0.2, 0) is 0 Å². The van der Waals surface area contributed by atoms with Crippen molar-refractivity contribution in [1.82, 2.24) is 0 Å². The Hall–Kier alpha value is -2.30. The Labute approximate surface area is 141 Å². The Kier molecular flexibility index (Phi) is 4.35. The van der Waals surface area contributed by atoms with Crippen LogP contribution in [0.15, 0.2) is 60.7 Å². The number of carbonyl (C=O) groups is 2. The van der Waals surface area contributed by atoms with Crippen molar-refractivity contribution in [2.45, 2.75) is 36.8 Å². The predicted molar refractivity (Wildman–Crippen MR) is 93.8 cm³/mol. The summed E-state index contributed by atoms with van der Waals surface area (Å²) >= 11 is 0. The Balaban J connectivity index is 2.04. The van der Waals surface area contributed by atoms with Gasteiger partial charge in [-0.25, -0.2) is 0 Å². The molecule has 2 aromatic carbocycles. The number of Topliss-reactive ketones (excluding diaryl/α,β-unsaturated/α-hetero) is 2. The summed E-state index contributed by atoms with van der Waals surface area (Å²) in [6, 6.07) is 17.7. The number of rotatable bonds is 4. The third-order valence-corrected chi connectivity index (χ3v) is 5.07. The summed E-state index contributed by atoms with van der Waals surface area (Å²) in [6.45, 7) is 0. The molecule has 1 saturated carbocycles. The molecule has 24 heavy (non-hydrogen) atoms. The first-order chi connectivity index (χ1) is 11.5. The summed E-state index contributed by atoms with van der Waals surface area (Å²) in [5.41, 5.74) is 11.3. The van der Waals surface area contributed by atoms with Gasteiger partial charge in [0.1, 0.15) is 11.1 Å². The fraction of sp³-hybridized carbons (Fsp3) is 0.300. The maximum atomic E-state index is 13.1. The van der Waals surface area contributed by atoms with E-state index in [0.29, 0.717) is 24.0 Å². The number of carbonyl (C=O) groups excluding carboxylic acids is 2. The summed E-state index contributed by atoms with van der Waals surface area (Å²) < 4.78 is 0. The normalized spacial score (nSPS) is 26.8. The zero-order valence-electron chi connectivity index (χ0n) is 13.6. The van der Waals surface area contributed by atoms with Crippen molar-refractivity contribution < 1.29 is 9.59 Å². The zero-order chi connectivity index (χ0) is 17.2. The van der Waals surface area contributed by atoms with E-state index in [1.165, 1.54) is 0 Å². The average Bonchev–Trinajstić information content (AvgIpc) is 2.64. The van der Waals surface area contributed by atoms with Gasteiger partial charge in [-0.1, -0.05) is 73.5 Å². The number of benzene rings is 2. The molecule has 2 aromatic rings. The largest absolute Gasteiger partial charge is 0.317 e. The van der Waals surface area contributed by atoms with Crippen LogP contribution in [0, 0.1) is 0 Å². The van der Waals surface area contributed by atoms with Crippen molar-refractivity contribution in [3.05, 3.63) is 71.8 Å². The molecular weight excluding hydrogens is 300 g/mol. The van der Waals surface area contributed by atoms with Gasteiger partial charge < -0.3 is 11.5 Å². The van der Waals surface area contributed by atoms with Gasteiger partial charge in [-0.3, -0.25) is 9.59 Å². The molecule has 0 aliphatic heterocycles. The second kappa shape index (κ2) is 6.30. The molecule has 0 radical (unpaired) electrons. The van der Waals surface area contributed by atoms with Crippen LogP contribution in [0.1, 0.15) is 46.4 Å². The van der Waals surface area contributed by atoms with Crippen LogP contribution in [0.5, 0.6) is 0 Å². The van der Waals surface area contributed by atoms with Crippen molar-refractivity contribution in [2.75, 3.05) is 0 Å². The molecular formula is C20H22N2O2. The van der Waals surface area contributed by atoms with E-state index >= 15 is 0 Å². The van der Waals surface area contributed by atoms with Gasteiger partial charge in [0.05, 0.1) is 0 Å². The van der Waals surface area contributed by atoms with Crippen LogP contribution in [0.2, 0.25) is 0 Å². The number of hydrogen-bond acceptors (Lipinski definition) is 4. The van der Waals surface area contributed by atoms with E-state index in [4.69, 9.17) is 11.5 Å². The fourth-order valence-corrected chi connectivity index (χ4v) is 3.58. The van der Waals surface area contributed by atoms with Crippen molar-refractivity contribution in [1.29, 1.82) is 0 Å². The SMILES string of the molecule is NC1(C(=O)c2ccccc2)CCCCC1(N)C(=O)c1ccccc1. The number of nitrogens with two attached hydrogens (primary N) is 2. The standard InChI is InChI=1S/C20H22N2O2/c21-19(17(23)15-9-3-1-4-10-15)13-7-8-14-20(19,22)18(24)16-11-5-2-6-12-16/h1-6,9-12H,7-8,13-14,21-22H2. The lowest BCUT2D eigenvalue weighted by Gasteiger charge is -2.47. The molecule has 0 amide bonds. The summed E-state index contributed by atoms with van der Waals surface area (Å²) in [5.74, 6) is -0.510. The van der Waals surface area contributed by atoms with E-state index in [2.05, 4.69) is 0 Å². The minimum Gasteiger partial charge on any atom is -0.317 e. The fourth-order valence-electron chi connectivity index (χ4n) is 3.58. The zero-order valence-corrected chi connectivity index (χ0v) is 13.6. The van der Waals surface area contributed by atoms with Gasteiger partial charge in [-0.2, -0.15) is 0 Å². The number of ketones is 2. The smallest absolute Gasteiger partial charge is 0.185 e. The molecule has 0 aromatic heterocycles. The van der Waals surface area contributed by atoms with Crippen LogP contribution in [0.4, 0.5) is 0 Å². The highest BCUT2D eigenvalue weighted by atomic mass is 16.1. The second-order valence-corrected chi connectivity index (χ2v) is 6.54. The predicted octanol–water partition coefficient (Wildman–Crippen LogP) is 2.72. The second-order valence-electron chi connectivity index (χ2n) is 6.54. The van der Waals surface area contributed by atoms with Crippen LogP contribution >= 0.6 is 0 Å². The Morgan fingerprint density at radius 2 is 1.00 bits per heavy atom. The molecule has 2 unspecified atom stereocenters. The van der Waals surface area contributed by atoms with Crippen molar-refractivity contribution >= 4 is 11.6 Å². The van der Waals surface area contributed by atoms with E-state index in [1.54, 1.807) is 48.5 Å². The molecule has 0 spiro atoms. The van der Waals surface area contributed by atoms with Gasteiger partial charge in [0.15, 0.2) is 11.6 Å². The summed E-state index contributed by atoms with van der Waals surface area (Å²) in [4.78, 5) is 26.2. The Bertz CT molecular complexity index is 679. The van der Waals surface area contributed by atoms with Gasteiger partial charge in [-0.05, 0) is 12.8 Å². The van der Waals surface area contributed by atoms with E-state index < -0.39 is 11.1 Å². The first-order valence-electron chi connectivity index (χ1n) is 8.26. The van der Waals surface area contributed by atoms with E-state index in [0.717, 1.165) is 12.8 Å². The van der Waals surface area contributed by atoms with Crippen LogP contribution in [0.3, 0.4) is 0 Å². The van der Waals surface area contributed by atoms with Crippen LogP contribution < -0.4 is 11.5 Å². The molecule has 4 N–H and O–H groups in total. The van der Waals surface area contributed by atoms with Gasteiger partial charge in [0.25, 0.3) is 0 Å². The van der Waals surface area contributed by atoms with Gasteiger partial charge in [0, 0.05) is 11.1 Å². The third kappa shape index (κ3) is 2.58. The topological polar surface area (TPSA) is 86.2 Å². The van der Waals surface area contributed by atoms with E-state index in [9.17, 15) is 9.59 Å². The Morgan fingerprint density at radius 1 is 0.667 bits per heavy atom. The summed E-state index contributed by atoms with van der Waals surface area (Å²) in [6.07, 6.45) is 2.40.